The van der Waals surface area contributed by atoms with Gasteiger partial charge < -0.3 is 14.4 Å². The van der Waals surface area contributed by atoms with Gasteiger partial charge in [0.15, 0.2) is 10.0 Å². The molecule has 134 valence electrons. The van der Waals surface area contributed by atoms with E-state index in [1.807, 2.05) is 29.0 Å². The lowest BCUT2D eigenvalue weighted by Gasteiger charge is -2.26. The molecule has 0 radical (unpaired) electrons. The molecule has 1 N–H and O–H groups in total. The zero-order valence-electron chi connectivity index (χ0n) is 13.8. The molecule has 6 nitrogen and oxygen atoms in total. The Balaban J connectivity index is 1.93. The molecule has 1 aliphatic heterocycles. The summed E-state index contributed by atoms with van der Waals surface area (Å²) in [5.41, 5.74) is 1.38. The topological polar surface area (TPSA) is 62.4 Å². The summed E-state index contributed by atoms with van der Waals surface area (Å²) in [4.78, 5) is 2.33. The second kappa shape index (κ2) is 8.59. The fourth-order valence-electron chi connectivity index (χ4n) is 2.81. The molecule has 1 aromatic heterocycles. The molecule has 2 heterocycles. The first-order valence-electron chi connectivity index (χ1n) is 7.90. The molecule has 0 saturated carbocycles. The maximum atomic E-state index is 10.7. The first-order chi connectivity index (χ1) is 12.1. The van der Waals surface area contributed by atoms with Crippen LogP contribution in [0, 0.1) is 0 Å². The summed E-state index contributed by atoms with van der Waals surface area (Å²) in [6.45, 7) is 4.86. The van der Waals surface area contributed by atoms with Crippen molar-refractivity contribution < 1.29 is 9.84 Å². The molecule has 9 heteroatoms. The van der Waals surface area contributed by atoms with E-state index in [0.717, 1.165) is 48.2 Å². The predicted octanol–water partition coefficient (Wildman–Crippen LogP) is 4.17. The van der Waals surface area contributed by atoms with Crippen LogP contribution in [-0.4, -0.2) is 58.0 Å². The van der Waals surface area contributed by atoms with E-state index in [4.69, 9.17) is 17.0 Å². The van der Waals surface area contributed by atoms with E-state index < -0.39 is 0 Å². The van der Waals surface area contributed by atoms with E-state index in [1.54, 1.807) is 0 Å². The van der Waals surface area contributed by atoms with Crippen molar-refractivity contribution in [2.45, 2.75) is 6.54 Å². The number of fused-ring (bicyclic) bond motifs is 1. The number of aromatic nitrogens is 1. The molecule has 0 atom stereocenters. The van der Waals surface area contributed by atoms with Crippen molar-refractivity contribution in [3.05, 3.63) is 22.7 Å². The van der Waals surface area contributed by atoms with Crippen LogP contribution >= 0.6 is 39.9 Å². The van der Waals surface area contributed by atoms with Crippen LogP contribution in [0.15, 0.2) is 32.9 Å². The Bertz CT molecular complexity index is 803. The van der Waals surface area contributed by atoms with E-state index in [1.165, 1.54) is 11.8 Å². The van der Waals surface area contributed by atoms with E-state index in [9.17, 15) is 5.11 Å². The van der Waals surface area contributed by atoms with Gasteiger partial charge in [-0.3, -0.25) is 4.90 Å². The third-order valence-corrected chi connectivity index (χ3v) is 5.63. The zero-order chi connectivity index (χ0) is 17.8. The summed E-state index contributed by atoms with van der Waals surface area (Å²) in [5, 5.41) is 19.8. The number of benzene rings is 1. The Hall–Kier alpha value is -1.00. The first-order valence-corrected chi connectivity index (χ1v) is 10.3. The molecular weight excluding hydrogens is 424 g/mol. The van der Waals surface area contributed by atoms with Gasteiger partial charge in [0.2, 0.25) is 5.88 Å². The predicted molar refractivity (Wildman–Crippen MR) is 109 cm³/mol. The molecule has 0 unspecified atom stereocenters. The Kier molecular flexibility index (Phi) is 6.45. The average molecular weight is 443 g/mol. The standard InChI is InChI=1S/C16H19BrN4O2S2/c1-25-16(24)19-18-14-12-3-2-11(17)10-13(12)21(15(14)22)5-4-20-6-8-23-9-7-20/h2-3,10,22H,4-9H2,1H3. The lowest BCUT2D eigenvalue weighted by Crippen LogP contribution is -2.38. The normalized spacial score (nSPS) is 16.1. The lowest BCUT2D eigenvalue weighted by molar-refractivity contribution is 0.0363. The molecule has 0 bridgehead atoms. The quantitative estimate of drug-likeness (QED) is 0.568. The number of thiocarbonyl (C=S) groups is 1. The largest absolute Gasteiger partial charge is 0.493 e. The van der Waals surface area contributed by atoms with Crippen LogP contribution in [0.5, 0.6) is 5.88 Å². The van der Waals surface area contributed by atoms with Gasteiger partial charge in [-0.1, -0.05) is 27.7 Å². The van der Waals surface area contributed by atoms with Crippen molar-refractivity contribution in [2.24, 2.45) is 10.2 Å². The van der Waals surface area contributed by atoms with E-state index in [-0.39, 0.29) is 5.88 Å². The van der Waals surface area contributed by atoms with Crippen LogP contribution in [0.1, 0.15) is 0 Å². The average Bonchev–Trinajstić information content (AvgIpc) is 2.89. The van der Waals surface area contributed by atoms with Gasteiger partial charge in [-0.05, 0) is 36.7 Å². The molecule has 1 saturated heterocycles. The smallest absolute Gasteiger partial charge is 0.220 e. The van der Waals surface area contributed by atoms with Crippen LogP contribution in [0.25, 0.3) is 10.9 Å². The number of hydrogen-bond donors (Lipinski definition) is 1. The van der Waals surface area contributed by atoms with Crippen molar-refractivity contribution in [3.63, 3.8) is 0 Å². The Morgan fingerprint density at radius 1 is 1.36 bits per heavy atom. The highest BCUT2D eigenvalue weighted by Gasteiger charge is 2.18. The molecule has 0 spiro atoms. The number of morpholine rings is 1. The molecule has 1 aliphatic rings. The van der Waals surface area contributed by atoms with E-state index >= 15 is 0 Å². The van der Waals surface area contributed by atoms with Gasteiger partial charge in [-0.2, -0.15) is 0 Å². The summed E-state index contributed by atoms with van der Waals surface area (Å²) in [6.07, 6.45) is 1.85. The minimum atomic E-state index is 0.119. The highest BCUT2D eigenvalue weighted by molar-refractivity contribution is 9.10. The Labute approximate surface area is 164 Å². The van der Waals surface area contributed by atoms with Crippen LogP contribution in [0.4, 0.5) is 5.69 Å². The van der Waals surface area contributed by atoms with Crippen molar-refractivity contribution in [1.82, 2.24) is 9.47 Å². The van der Waals surface area contributed by atoms with Gasteiger partial charge in [0.25, 0.3) is 0 Å². The highest BCUT2D eigenvalue weighted by atomic mass is 79.9. The number of thioether (sulfide) groups is 1. The van der Waals surface area contributed by atoms with Gasteiger partial charge in [-0.15, -0.1) is 10.2 Å². The highest BCUT2D eigenvalue weighted by Crippen LogP contribution is 2.40. The summed E-state index contributed by atoms with van der Waals surface area (Å²) < 4.78 is 8.65. The first kappa shape index (κ1) is 18.8. The Morgan fingerprint density at radius 2 is 2.12 bits per heavy atom. The van der Waals surface area contributed by atoms with Gasteiger partial charge in [0.1, 0.15) is 0 Å². The minimum Gasteiger partial charge on any atom is -0.493 e. The Morgan fingerprint density at radius 3 is 2.84 bits per heavy atom. The molecule has 0 aliphatic carbocycles. The summed E-state index contributed by atoms with van der Waals surface area (Å²) >= 11 is 9.92. The molecule has 0 amide bonds. The second-order valence-electron chi connectivity index (χ2n) is 5.61. The van der Waals surface area contributed by atoms with Crippen molar-refractivity contribution >= 4 is 60.8 Å². The van der Waals surface area contributed by atoms with Crippen molar-refractivity contribution in [3.8, 4) is 5.88 Å². The molecule has 1 fully saturated rings. The lowest BCUT2D eigenvalue weighted by atomic mass is 10.2. The molecule has 25 heavy (non-hydrogen) atoms. The van der Waals surface area contributed by atoms with Crippen molar-refractivity contribution in [2.75, 3.05) is 39.1 Å². The van der Waals surface area contributed by atoms with Crippen LogP contribution in [0.3, 0.4) is 0 Å². The molecule has 1 aromatic carbocycles. The van der Waals surface area contributed by atoms with Gasteiger partial charge in [-0.25, -0.2) is 0 Å². The summed E-state index contributed by atoms with van der Waals surface area (Å²) in [7, 11) is 0. The fourth-order valence-corrected chi connectivity index (χ4v) is 3.33. The monoisotopic (exact) mass is 442 g/mol. The van der Waals surface area contributed by atoms with E-state index in [2.05, 4.69) is 31.1 Å². The number of azo groups is 1. The fraction of sp³-hybridized carbons (Fsp3) is 0.438. The zero-order valence-corrected chi connectivity index (χ0v) is 17.0. The van der Waals surface area contributed by atoms with Gasteiger partial charge in [0, 0.05) is 36.0 Å². The van der Waals surface area contributed by atoms with Crippen LogP contribution in [0.2, 0.25) is 0 Å². The number of ether oxygens (including phenoxy) is 1. The number of hydrogen-bond acceptors (Lipinski definition) is 6. The second-order valence-corrected chi connectivity index (χ2v) is 7.97. The number of aromatic hydroxyl groups is 1. The maximum Gasteiger partial charge on any atom is 0.220 e. The van der Waals surface area contributed by atoms with Crippen LogP contribution < -0.4 is 0 Å². The van der Waals surface area contributed by atoms with Gasteiger partial charge in [0.05, 0.1) is 18.7 Å². The summed E-state index contributed by atoms with van der Waals surface area (Å²) in [5.74, 6) is 0.119. The number of halogens is 1. The number of rotatable bonds is 4. The molecular formula is C16H19BrN4O2S2. The van der Waals surface area contributed by atoms with Gasteiger partial charge >= 0.3 is 0 Å². The third kappa shape index (κ3) is 4.40. The minimum absolute atomic E-state index is 0.119. The maximum absolute atomic E-state index is 10.7. The van der Waals surface area contributed by atoms with Crippen LogP contribution in [-0.2, 0) is 11.3 Å². The summed E-state index contributed by atoms with van der Waals surface area (Å²) in [6, 6.07) is 5.85. The van der Waals surface area contributed by atoms with E-state index in [0.29, 0.717) is 16.6 Å². The molecule has 3 rings (SSSR count). The third-order valence-electron chi connectivity index (χ3n) is 4.12. The molecule has 2 aromatic rings. The van der Waals surface area contributed by atoms with Crippen molar-refractivity contribution in [1.29, 1.82) is 0 Å². The SMILES string of the molecule is CSC(=S)N=Nc1c(O)n(CCN2CCOCC2)c2cc(Br)ccc12. The number of nitrogens with zero attached hydrogens (tertiary/aromatic N) is 4.